The fraction of sp³-hybridized carbons (Fsp3) is 0.267. The van der Waals surface area contributed by atoms with Gasteiger partial charge in [-0.1, -0.05) is 35.0 Å². The zero-order valence-corrected chi connectivity index (χ0v) is 13.4. The normalized spacial score (nSPS) is 13.7. The first-order chi connectivity index (χ1) is 10.6. The Morgan fingerprint density at radius 2 is 2.14 bits per heavy atom. The Labute approximate surface area is 138 Å². The number of carbonyl (C=O) groups is 1. The highest BCUT2D eigenvalue weighted by Gasteiger charge is 2.26. The molecule has 5 nitrogen and oxygen atoms in total. The number of aryl methyl sites for hydroxylation is 1. The lowest BCUT2D eigenvalue weighted by atomic mass is 10.1. The number of hydrogen-bond acceptors (Lipinski definition) is 4. The van der Waals surface area contributed by atoms with E-state index in [1.165, 1.54) is 0 Å². The molecule has 2 aromatic rings. The van der Waals surface area contributed by atoms with E-state index in [1.54, 1.807) is 19.1 Å². The zero-order chi connectivity index (χ0) is 15.7. The predicted molar refractivity (Wildman–Crippen MR) is 87.9 cm³/mol. The first kappa shape index (κ1) is 15.0. The number of hydrogen-bond donors (Lipinski definition) is 2. The molecule has 1 heterocycles. The Kier molecular flexibility index (Phi) is 4.13. The molecular formula is C15H14ClN3O2S. The third-order valence-electron chi connectivity index (χ3n) is 3.36. The van der Waals surface area contributed by atoms with Crippen molar-refractivity contribution in [3.05, 3.63) is 40.6 Å². The highest BCUT2D eigenvalue weighted by Crippen LogP contribution is 2.30. The molecular weight excluding hydrogens is 322 g/mol. The van der Waals surface area contributed by atoms with Gasteiger partial charge in [0.15, 0.2) is 5.11 Å². The summed E-state index contributed by atoms with van der Waals surface area (Å²) in [4.78, 5) is 12.5. The smallest absolute Gasteiger partial charge is 0.263 e. The minimum absolute atomic E-state index is 0.318. The largest absolute Gasteiger partial charge is 0.360 e. The topological polar surface area (TPSA) is 67.2 Å². The molecule has 1 saturated carbocycles. The third-order valence-corrected chi connectivity index (χ3v) is 3.91. The first-order valence-electron chi connectivity index (χ1n) is 6.89. The van der Waals surface area contributed by atoms with Gasteiger partial charge in [0.25, 0.3) is 5.91 Å². The SMILES string of the molecule is Cc1onc(-c2ccccc2Cl)c1C(=O)NC(=S)NC1CC1. The van der Waals surface area contributed by atoms with Gasteiger partial charge in [-0.15, -0.1) is 0 Å². The number of carbonyl (C=O) groups excluding carboxylic acids is 1. The fourth-order valence-corrected chi connectivity index (χ4v) is 2.58. The first-order valence-corrected chi connectivity index (χ1v) is 7.68. The molecule has 0 saturated heterocycles. The minimum Gasteiger partial charge on any atom is -0.360 e. The van der Waals surface area contributed by atoms with Gasteiger partial charge in [-0.2, -0.15) is 0 Å². The van der Waals surface area contributed by atoms with Gasteiger partial charge in [0.2, 0.25) is 0 Å². The molecule has 1 aromatic carbocycles. The van der Waals surface area contributed by atoms with Crippen LogP contribution in [0.4, 0.5) is 0 Å². The molecule has 2 N–H and O–H groups in total. The maximum Gasteiger partial charge on any atom is 0.263 e. The second-order valence-electron chi connectivity index (χ2n) is 5.14. The summed E-state index contributed by atoms with van der Waals surface area (Å²) < 4.78 is 5.17. The second kappa shape index (κ2) is 6.06. The Morgan fingerprint density at radius 1 is 1.41 bits per heavy atom. The van der Waals surface area contributed by atoms with Crippen LogP contribution in [0, 0.1) is 6.92 Å². The molecule has 1 fully saturated rings. The highest BCUT2D eigenvalue weighted by atomic mass is 35.5. The van der Waals surface area contributed by atoms with Crippen LogP contribution in [0.25, 0.3) is 11.3 Å². The van der Waals surface area contributed by atoms with Gasteiger partial charge in [-0.05, 0) is 38.0 Å². The van der Waals surface area contributed by atoms with E-state index in [4.69, 9.17) is 28.3 Å². The van der Waals surface area contributed by atoms with Gasteiger partial charge < -0.3 is 9.84 Å². The van der Waals surface area contributed by atoms with Gasteiger partial charge in [0.1, 0.15) is 17.0 Å². The summed E-state index contributed by atoms with van der Waals surface area (Å²) in [6, 6.07) is 7.54. The highest BCUT2D eigenvalue weighted by molar-refractivity contribution is 7.80. The summed E-state index contributed by atoms with van der Waals surface area (Å²) in [6.45, 7) is 1.68. The Balaban J connectivity index is 1.87. The number of nitrogens with zero attached hydrogens (tertiary/aromatic N) is 1. The van der Waals surface area contributed by atoms with Crippen LogP contribution in [-0.4, -0.2) is 22.2 Å². The van der Waals surface area contributed by atoms with Gasteiger partial charge >= 0.3 is 0 Å². The van der Waals surface area contributed by atoms with E-state index in [0.717, 1.165) is 12.8 Å². The summed E-state index contributed by atoms with van der Waals surface area (Å²) in [5.74, 6) is 0.0634. The summed E-state index contributed by atoms with van der Waals surface area (Å²) in [7, 11) is 0. The quantitative estimate of drug-likeness (QED) is 0.844. The van der Waals surface area contributed by atoms with E-state index < -0.39 is 0 Å². The average molecular weight is 336 g/mol. The molecule has 0 aliphatic heterocycles. The van der Waals surface area contributed by atoms with E-state index in [-0.39, 0.29) is 5.91 Å². The lowest BCUT2D eigenvalue weighted by Crippen LogP contribution is -2.40. The second-order valence-corrected chi connectivity index (χ2v) is 5.96. The van der Waals surface area contributed by atoms with E-state index in [0.29, 0.717) is 38.8 Å². The number of rotatable bonds is 3. The van der Waals surface area contributed by atoms with E-state index in [9.17, 15) is 4.79 Å². The molecule has 1 aliphatic rings. The van der Waals surface area contributed by atoms with Crippen LogP contribution in [0.2, 0.25) is 5.02 Å². The van der Waals surface area contributed by atoms with Crippen molar-refractivity contribution in [2.45, 2.75) is 25.8 Å². The van der Waals surface area contributed by atoms with Crippen molar-refractivity contribution in [2.75, 3.05) is 0 Å². The molecule has 1 amide bonds. The molecule has 22 heavy (non-hydrogen) atoms. The lowest BCUT2D eigenvalue weighted by molar-refractivity contribution is 0.0975. The molecule has 0 bridgehead atoms. The number of thiocarbonyl (C=S) groups is 1. The van der Waals surface area contributed by atoms with Crippen molar-refractivity contribution < 1.29 is 9.32 Å². The molecule has 1 aromatic heterocycles. The number of benzene rings is 1. The molecule has 0 unspecified atom stereocenters. The molecule has 114 valence electrons. The summed E-state index contributed by atoms with van der Waals surface area (Å²) >= 11 is 11.3. The predicted octanol–water partition coefficient (Wildman–Crippen LogP) is 3.07. The average Bonchev–Trinajstić information content (AvgIpc) is 3.19. The lowest BCUT2D eigenvalue weighted by Gasteiger charge is -2.09. The molecule has 1 aliphatic carbocycles. The summed E-state index contributed by atoms with van der Waals surface area (Å²) in [5.41, 5.74) is 1.40. The standard InChI is InChI=1S/C15H14ClN3O2S/c1-8-12(14(20)18-15(22)17-9-6-7-9)13(19-21-8)10-4-2-3-5-11(10)16/h2-5,9H,6-7H2,1H3,(H2,17,18,20,22). The Hall–Kier alpha value is -1.92. The molecule has 0 atom stereocenters. The molecule has 3 rings (SSSR count). The van der Waals surface area contributed by atoms with Crippen molar-refractivity contribution in [2.24, 2.45) is 0 Å². The molecule has 0 spiro atoms. The van der Waals surface area contributed by atoms with Gasteiger partial charge in [-0.25, -0.2) is 0 Å². The van der Waals surface area contributed by atoms with Crippen molar-refractivity contribution in [1.29, 1.82) is 0 Å². The van der Waals surface area contributed by atoms with Crippen molar-refractivity contribution in [3.8, 4) is 11.3 Å². The Morgan fingerprint density at radius 3 is 2.82 bits per heavy atom. The number of halogens is 1. The number of nitrogens with one attached hydrogen (secondary N) is 2. The summed E-state index contributed by atoms with van der Waals surface area (Å²) in [5, 5.41) is 10.5. The third kappa shape index (κ3) is 3.13. The van der Waals surface area contributed by atoms with Crippen LogP contribution in [0.3, 0.4) is 0 Å². The Bertz CT molecular complexity index is 740. The van der Waals surface area contributed by atoms with Crippen LogP contribution in [0.1, 0.15) is 29.0 Å². The van der Waals surface area contributed by atoms with Gasteiger partial charge in [0.05, 0.1) is 5.02 Å². The van der Waals surface area contributed by atoms with Crippen LogP contribution in [-0.2, 0) is 0 Å². The van der Waals surface area contributed by atoms with Crippen molar-refractivity contribution in [3.63, 3.8) is 0 Å². The number of aromatic nitrogens is 1. The van der Waals surface area contributed by atoms with Gasteiger partial charge in [0, 0.05) is 11.6 Å². The van der Waals surface area contributed by atoms with Crippen LogP contribution in [0.15, 0.2) is 28.8 Å². The fourth-order valence-electron chi connectivity index (χ4n) is 2.09. The van der Waals surface area contributed by atoms with E-state index in [1.807, 2.05) is 12.1 Å². The molecule has 0 radical (unpaired) electrons. The van der Waals surface area contributed by atoms with Crippen molar-refractivity contribution in [1.82, 2.24) is 15.8 Å². The van der Waals surface area contributed by atoms with E-state index >= 15 is 0 Å². The van der Waals surface area contributed by atoms with Crippen LogP contribution >= 0.6 is 23.8 Å². The maximum atomic E-state index is 12.5. The summed E-state index contributed by atoms with van der Waals surface area (Å²) in [6.07, 6.45) is 2.15. The monoisotopic (exact) mass is 335 g/mol. The van der Waals surface area contributed by atoms with E-state index in [2.05, 4.69) is 15.8 Å². The van der Waals surface area contributed by atoms with Crippen molar-refractivity contribution >= 4 is 34.8 Å². The maximum absolute atomic E-state index is 12.5. The number of amides is 1. The molecule has 7 heteroatoms. The van der Waals surface area contributed by atoms with Crippen LogP contribution in [0.5, 0.6) is 0 Å². The van der Waals surface area contributed by atoms with Gasteiger partial charge in [-0.3, -0.25) is 10.1 Å². The minimum atomic E-state index is -0.355. The van der Waals surface area contributed by atoms with Crippen LogP contribution < -0.4 is 10.6 Å². The zero-order valence-electron chi connectivity index (χ0n) is 11.9.